The Kier molecular flexibility index (Phi) is 5.22. The van der Waals surface area contributed by atoms with E-state index < -0.39 is 0 Å². The lowest BCUT2D eigenvalue weighted by Crippen LogP contribution is -2.22. The highest BCUT2D eigenvalue weighted by Crippen LogP contribution is 2.27. The number of carbonyl (C=O) groups is 1. The standard InChI is InChI=1S/C16H16FNO2S/c1-11(21-15-8-4-7-14(10-15)20-2)16(19)18-13-6-3-5-12(17)9-13/h3-11H,1-2H3,(H,18,19). The van der Waals surface area contributed by atoms with Crippen LogP contribution in [-0.4, -0.2) is 18.3 Å². The van der Waals surface area contributed by atoms with Gasteiger partial charge in [0.2, 0.25) is 5.91 Å². The van der Waals surface area contributed by atoms with Crippen LogP contribution in [-0.2, 0) is 4.79 Å². The summed E-state index contributed by atoms with van der Waals surface area (Å²) in [5.41, 5.74) is 0.457. The zero-order valence-corrected chi connectivity index (χ0v) is 12.6. The number of ether oxygens (including phenoxy) is 1. The number of benzene rings is 2. The fraction of sp³-hybridized carbons (Fsp3) is 0.188. The zero-order chi connectivity index (χ0) is 15.2. The third-order valence-electron chi connectivity index (χ3n) is 2.82. The van der Waals surface area contributed by atoms with E-state index in [2.05, 4.69) is 5.32 Å². The molecular formula is C16H16FNO2S. The van der Waals surface area contributed by atoms with Crippen LogP contribution in [0.15, 0.2) is 53.4 Å². The average molecular weight is 305 g/mol. The maximum Gasteiger partial charge on any atom is 0.237 e. The molecule has 0 fully saturated rings. The molecule has 0 spiro atoms. The first-order chi connectivity index (χ1) is 10.1. The molecule has 0 aromatic heterocycles. The summed E-state index contributed by atoms with van der Waals surface area (Å²) in [5.74, 6) is 0.201. The van der Waals surface area contributed by atoms with E-state index in [1.807, 2.05) is 24.3 Å². The average Bonchev–Trinajstić information content (AvgIpc) is 2.47. The van der Waals surface area contributed by atoms with E-state index in [4.69, 9.17) is 4.74 Å². The van der Waals surface area contributed by atoms with E-state index in [-0.39, 0.29) is 17.0 Å². The lowest BCUT2D eigenvalue weighted by Gasteiger charge is -2.12. The molecule has 0 radical (unpaired) electrons. The van der Waals surface area contributed by atoms with Gasteiger partial charge in [0.15, 0.2) is 0 Å². The van der Waals surface area contributed by atoms with Crippen molar-refractivity contribution in [2.24, 2.45) is 0 Å². The molecule has 0 aliphatic carbocycles. The number of carbonyl (C=O) groups excluding carboxylic acids is 1. The first-order valence-electron chi connectivity index (χ1n) is 6.45. The lowest BCUT2D eigenvalue weighted by molar-refractivity contribution is -0.115. The number of thioether (sulfide) groups is 1. The van der Waals surface area contributed by atoms with Crippen molar-refractivity contribution in [3.63, 3.8) is 0 Å². The summed E-state index contributed by atoms with van der Waals surface area (Å²) in [6.45, 7) is 1.80. The molecule has 1 unspecified atom stereocenters. The Balaban J connectivity index is 1.99. The highest BCUT2D eigenvalue weighted by molar-refractivity contribution is 8.00. The number of halogens is 1. The second-order valence-electron chi connectivity index (χ2n) is 4.44. The van der Waals surface area contributed by atoms with E-state index >= 15 is 0 Å². The van der Waals surface area contributed by atoms with Gasteiger partial charge in [0.05, 0.1) is 12.4 Å². The van der Waals surface area contributed by atoms with Crippen molar-refractivity contribution in [3.05, 3.63) is 54.3 Å². The van der Waals surface area contributed by atoms with Crippen molar-refractivity contribution in [2.75, 3.05) is 12.4 Å². The highest BCUT2D eigenvalue weighted by Gasteiger charge is 2.15. The van der Waals surface area contributed by atoms with Gasteiger partial charge in [-0.25, -0.2) is 4.39 Å². The Morgan fingerprint density at radius 1 is 1.24 bits per heavy atom. The van der Waals surface area contributed by atoms with Crippen LogP contribution < -0.4 is 10.1 Å². The Morgan fingerprint density at radius 2 is 2.00 bits per heavy atom. The van der Waals surface area contributed by atoms with E-state index in [1.54, 1.807) is 26.2 Å². The summed E-state index contributed by atoms with van der Waals surface area (Å²) in [7, 11) is 1.60. The fourth-order valence-electron chi connectivity index (χ4n) is 1.74. The molecule has 0 aliphatic heterocycles. The van der Waals surface area contributed by atoms with Crippen molar-refractivity contribution in [1.29, 1.82) is 0 Å². The molecule has 0 saturated carbocycles. The maximum atomic E-state index is 13.1. The molecule has 1 N–H and O–H groups in total. The molecule has 0 aliphatic rings. The second-order valence-corrected chi connectivity index (χ2v) is 5.85. The van der Waals surface area contributed by atoms with Crippen LogP contribution in [0.5, 0.6) is 5.75 Å². The van der Waals surface area contributed by atoms with E-state index in [9.17, 15) is 9.18 Å². The lowest BCUT2D eigenvalue weighted by atomic mass is 10.3. The van der Waals surface area contributed by atoms with Crippen molar-refractivity contribution in [2.45, 2.75) is 17.1 Å². The Bertz CT molecular complexity index is 633. The minimum Gasteiger partial charge on any atom is -0.497 e. The van der Waals surface area contributed by atoms with Gasteiger partial charge in [-0.05, 0) is 43.3 Å². The van der Waals surface area contributed by atoms with Crippen LogP contribution >= 0.6 is 11.8 Å². The number of hydrogen-bond donors (Lipinski definition) is 1. The fourth-order valence-corrected chi connectivity index (χ4v) is 2.66. The van der Waals surface area contributed by atoms with Gasteiger partial charge in [0.1, 0.15) is 11.6 Å². The summed E-state index contributed by atoms with van der Waals surface area (Å²) < 4.78 is 18.2. The van der Waals surface area contributed by atoms with Gasteiger partial charge in [-0.3, -0.25) is 4.79 Å². The predicted molar refractivity (Wildman–Crippen MR) is 83.3 cm³/mol. The molecule has 2 aromatic carbocycles. The highest BCUT2D eigenvalue weighted by atomic mass is 32.2. The summed E-state index contributed by atoms with van der Waals surface area (Å²) in [4.78, 5) is 13.0. The number of amides is 1. The maximum absolute atomic E-state index is 13.1. The minimum atomic E-state index is -0.374. The van der Waals surface area contributed by atoms with Gasteiger partial charge in [-0.15, -0.1) is 11.8 Å². The monoisotopic (exact) mass is 305 g/mol. The molecule has 0 heterocycles. The van der Waals surface area contributed by atoms with Crippen molar-refractivity contribution < 1.29 is 13.9 Å². The van der Waals surface area contributed by atoms with Gasteiger partial charge < -0.3 is 10.1 Å². The number of rotatable bonds is 5. The molecule has 110 valence electrons. The summed E-state index contributed by atoms with van der Waals surface area (Å²) in [6, 6.07) is 13.4. The van der Waals surface area contributed by atoms with Crippen LogP contribution in [0.4, 0.5) is 10.1 Å². The van der Waals surface area contributed by atoms with Crippen LogP contribution in [0.3, 0.4) is 0 Å². The predicted octanol–water partition coefficient (Wildman–Crippen LogP) is 3.95. The molecule has 2 aromatic rings. The van der Waals surface area contributed by atoms with Crippen molar-refractivity contribution in [1.82, 2.24) is 0 Å². The smallest absolute Gasteiger partial charge is 0.237 e. The molecule has 0 bridgehead atoms. The Labute approximate surface area is 127 Å². The normalized spacial score (nSPS) is 11.8. The van der Waals surface area contributed by atoms with Gasteiger partial charge in [0.25, 0.3) is 0 Å². The molecule has 2 rings (SSSR count). The zero-order valence-electron chi connectivity index (χ0n) is 11.8. The summed E-state index contributed by atoms with van der Waals surface area (Å²) in [6.07, 6.45) is 0. The number of anilines is 1. The molecule has 1 atom stereocenters. The number of hydrogen-bond acceptors (Lipinski definition) is 3. The van der Waals surface area contributed by atoms with Crippen LogP contribution in [0.1, 0.15) is 6.92 Å². The SMILES string of the molecule is COc1cccc(SC(C)C(=O)Nc2cccc(F)c2)c1. The summed E-state index contributed by atoms with van der Waals surface area (Å²) >= 11 is 1.42. The van der Waals surface area contributed by atoms with Crippen LogP contribution in [0.25, 0.3) is 0 Å². The quantitative estimate of drug-likeness (QED) is 0.850. The van der Waals surface area contributed by atoms with Crippen molar-refractivity contribution in [3.8, 4) is 5.75 Å². The molecular weight excluding hydrogens is 289 g/mol. The first-order valence-corrected chi connectivity index (χ1v) is 7.33. The first kappa shape index (κ1) is 15.4. The molecule has 5 heteroatoms. The van der Waals surface area contributed by atoms with Gasteiger partial charge in [-0.2, -0.15) is 0 Å². The minimum absolute atomic E-state index is 0.173. The molecule has 21 heavy (non-hydrogen) atoms. The summed E-state index contributed by atoms with van der Waals surface area (Å²) in [5, 5.41) is 2.40. The van der Waals surface area contributed by atoms with Gasteiger partial charge in [-0.1, -0.05) is 12.1 Å². The largest absolute Gasteiger partial charge is 0.497 e. The van der Waals surface area contributed by atoms with Crippen LogP contribution in [0, 0.1) is 5.82 Å². The number of nitrogens with one attached hydrogen (secondary N) is 1. The topological polar surface area (TPSA) is 38.3 Å². The molecule has 3 nitrogen and oxygen atoms in total. The van der Waals surface area contributed by atoms with Gasteiger partial charge in [0, 0.05) is 10.6 Å². The molecule has 0 saturated heterocycles. The van der Waals surface area contributed by atoms with Crippen molar-refractivity contribution >= 4 is 23.4 Å². The van der Waals surface area contributed by atoms with Crippen LogP contribution in [0.2, 0.25) is 0 Å². The Morgan fingerprint density at radius 3 is 2.71 bits per heavy atom. The number of methoxy groups -OCH3 is 1. The van der Waals surface area contributed by atoms with E-state index in [0.29, 0.717) is 5.69 Å². The Hall–Kier alpha value is -2.01. The van der Waals surface area contributed by atoms with E-state index in [1.165, 1.54) is 23.9 Å². The van der Waals surface area contributed by atoms with Gasteiger partial charge >= 0.3 is 0 Å². The van der Waals surface area contributed by atoms with E-state index in [0.717, 1.165) is 10.6 Å². The third-order valence-corrected chi connectivity index (χ3v) is 3.91. The second kappa shape index (κ2) is 7.13. The molecule has 1 amide bonds. The third kappa shape index (κ3) is 4.49.